The highest BCUT2D eigenvalue weighted by molar-refractivity contribution is 7.47. The number of phosphoric acid groups is 1. The molecule has 0 heterocycles. The molecule has 0 aromatic carbocycles. The second-order valence-corrected chi connectivity index (χ2v) is 13.7. The molecular weight excluding hydrogens is 581 g/mol. The van der Waals surface area contributed by atoms with Gasteiger partial charge in [0.1, 0.15) is 12.7 Å². The summed E-state index contributed by atoms with van der Waals surface area (Å²) in [5, 5.41) is 12.6. The first-order chi connectivity index (χ1) is 21.3. The molecule has 0 spiro atoms. The molecule has 3 N–H and O–H groups in total. The predicted octanol–water partition coefficient (Wildman–Crippen LogP) is 8.93. The molecule has 2 atom stereocenters. The summed E-state index contributed by atoms with van der Waals surface area (Å²) >= 11 is 0. The molecule has 44 heavy (non-hydrogen) atoms. The van der Waals surface area contributed by atoms with Crippen molar-refractivity contribution in [3.63, 3.8) is 0 Å². The molecule has 2 unspecified atom stereocenters. The fourth-order valence-electron chi connectivity index (χ4n) is 5.03. The number of hydrogen-bond acceptors (Lipinski definition) is 7. The number of rotatable bonds is 34. The van der Waals surface area contributed by atoms with Gasteiger partial charge in [0.25, 0.3) is 0 Å². The zero-order valence-corrected chi connectivity index (χ0v) is 29.3. The molecule has 0 aliphatic heterocycles. The summed E-state index contributed by atoms with van der Waals surface area (Å²) < 4.78 is 26.7. The van der Waals surface area contributed by atoms with E-state index in [1.165, 1.54) is 109 Å². The normalized spacial score (nSPS) is 13.5. The molecule has 0 radical (unpaired) electrons. The Morgan fingerprint density at radius 1 is 0.614 bits per heavy atom. The van der Waals surface area contributed by atoms with Crippen LogP contribution in [0.25, 0.3) is 0 Å². The van der Waals surface area contributed by atoms with Gasteiger partial charge in [-0.3, -0.25) is 18.6 Å². The largest absolute Gasteiger partial charge is 0.472 e. The van der Waals surface area contributed by atoms with E-state index >= 15 is 0 Å². The standard InChI is InChI=1S/C34H68NO8P/c1-3-5-7-9-11-13-15-17-19-21-23-25-27-34(38)41-30-32(36)31-43-44(39,40)42-29-28-35-33(37)26-24-22-20-18-16-14-12-10-8-6-4-2/h32,36H,3-31H2,1-2H3,(H,35,37)(H,39,40). The summed E-state index contributed by atoms with van der Waals surface area (Å²) in [6.07, 6.45) is 27.4. The Balaban J connectivity index is 3.62. The first kappa shape index (κ1) is 43.0. The van der Waals surface area contributed by atoms with Crippen LogP contribution in [0.3, 0.4) is 0 Å². The van der Waals surface area contributed by atoms with Gasteiger partial charge in [0, 0.05) is 19.4 Å². The topological polar surface area (TPSA) is 131 Å². The van der Waals surface area contributed by atoms with Gasteiger partial charge < -0.3 is 20.1 Å². The van der Waals surface area contributed by atoms with Crippen LogP contribution in [-0.2, 0) is 27.9 Å². The first-order valence-electron chi connectivity index (χ1n) is 18.0. The number of aliphatic hydroxyl groups is 1. The molecule has 10 heteroatoms. The molecule has 0 rings (SSSR count). The number of unbranched alkanes of at least 4 members (excludes halogenated alkanes) is 21. The van der Waals surface area contributed by atoms with Gasteiger partial charge in [0.15, 0.2) is 0 Å². The van der Waals surface area contributed by atoms with E-state index < -0.39 is 26.5 Å². The lowest BCUT2D eigenvalue weighted by Crippen LogP contribution is -2.27. The van der Waals surface area contributed by atoms with Crippen molar-refractivity contribution in [2.45, 2.75) is 180 Å². The molecule has 0 bridgehead atoms. The molecule has 0 saturated carbocycles. The fraction of sp³-hybridized carbons (Fsp3) is 0.941. The Labute approximate surface area is 269 Å². The van der Waals surface area contributed by atoms with Gasteiger partial charge in [-0.05, 0) is 12.8 Å². The third kappa shape index (κ3) is 32.4. The van der Waals surface area contributed by atoms with Crippen molar-refractivity contribution in [3.8, 4) is 0 Å². The summed E-state index contributed by atoms with van der Waals surface area (Å²) in [4.78, 5) is 33.6. The second-order valence-electron chi connectivity index (χ2n) is 12.2. The molecule has 0 aromatic heterocycles. The SMILES string of the molecule is CCCCCCCCCCCCCCC(=O)OCC(O)COP(=O)(O)OCCNC(=O)CCCCCCCCCCCCC. The minimum Gasteiger partial charge on any atom is -0.463 e. The van der Waals surface area contributed by atoms with E-state index in [0.29, 0.717) is 6.42 Å². The number of esters is 1. The first-order valence-corrected chi connectivity index (χ1v) is 19.5. The van der Waals surface area contributed by atoms with Crippen LogP contribution >= 0.6 is 7.82 Å². The van der Waals surface area contributed by atoms with Crippen molar-refractivity contribution < 1.29 is 37.9 Å². The molecule has 0 aliphatic rings. The van der Waals surface area contributed by atoms with Crippen molar-refractivity contribution in [3.05, 3.63) is 0 Å². The van der Waals surface area contributed by atoms with Gasteiger partial charge in [-0.25, -0.2) is 4.57 Å². The maximum absolute atomic E-state index is 12.0. The summed E-state index contributed by atoms with van der Waals surface area (Å²) in [6, 6.07) is 0. The summed E-state index contributed by atoms with van der Waals surface area (Å²) in [5.41, 5.74) is 0. The molecule has 0 aromatic rings. The van der Waals surface area contributed by atoms with Crippen LogP contribution in [0, 0.1) is 0 Å². The van der Waals surface area contributed by atoms with E-state index in [-0.39, 0.29) is 32.1 Å². The van der Waals surface area contributed by atoms with Crippen LogP contribution in [-0.4, -0.2) is 54.3 Å². The number of phosphoric ester groups is 1. The van der Waals surface area contributed by atoms with Gasteiger partial charge >= 0.3 is 13.8 Å². The number of carbonyl (C=O) groups is 2. The second kappa shape index (κ2) is 32.0. The number of carbonyl (C=O) groups excluding carboxylic acids is 2. The van der Waals surface area contributed by atoms with Crippen molar-refractivity contribution in [2.75, 3.05) is 26.4 Å². The lowest BCUT2D eigenvalue weighted by molar-refractivity contribution is -0.147. The van der Waals surface area contributed by atoms with Gasteiger partial charge in [-0.2, -0.15) is 0 Å². The van der Waals surface area contributed by atoms with Crippen LogP contribution in [0.1, 0.15) is 174 Å². The maximum atomic E-state index is 12.0. The number of nitrogens with one attached hydrogen (secondary N) is 1. The van der Waals surface area contributed by atoms with Crippen LogP contribution in [0.5, 0.6) is 0 Å². The van der Waals surface area contributed by atoms with E-state index in [1.807, 2.05) is 0 Å². The lowest BCUT2D eigenvalue weighted by atomic mass is 10.0. The minimum atomic E-state index is -4.40. The quantitative estimate of drug-likeness (QED) is 0.0358. The van der Waals surface area contributed by atoms with E-state index in [2.05, 4.69) is 19.2 Å². The summed E-state index contributed by atoms with van der Waals surface area (Å²) in [6.45, 7) is 3.54. The van der Waals surface area contributed by atoms with Gasteiger partial charge in [-0.15, -0.1) is 0 Å². The fourth-order valence-corrected chi connectivity index (χ4v) is 5.78. The highest BCUT2D eigenvalue weighted by Gasteiger charge is 2.23. The molecule has 1 amide bonds. The van der Waals surface area contributed by atoms with Gasteiger partial charge in [0.2, 0.25) is 5.91 Å². The molecular formula is C34H68NO8P. The number of hydrogen-bond donors (Lipinski definition) is 3. The third-order valence-electron chi connectivity index (χ3n) is 7.79. The van der Waals surface area contributed by atoms with E-state index in [0.717, 1.165) is 38.5 Å². The van der Waals surface area contributed by atoms with Crippen LogP contribution in [0.15, 0.2) is 0 Å². The Bertz CT molecular complexity index is 709. The van der Waals surface area contributed by atoms with Gasteiger partial charge in [0.05, 0.1) is 13.2 Å². The van der Waals surface area contributed by atoms with Gasteiger partial charge in [-0.1, -0.05) is 149 Å². The van der Waals surface area contributed by atoms with Crippen molar-refractivity contribution in [2.24, 2.45) is 0 Å². The molecule has 262 valence electrons. The lowest BCUT2D eigenvalue weighted by Gasteiger charge is -2.15. The monoisotopic (exact) mass is 649 g/mol. The van der Waals surface area contributed by atoms with Crippen LogP contribution in [0.2, 0.25) is 0 Å². The Morgan fingerprint density at radius 2 is 1.02 bits per heavy atom. The summed E-state index contributed by atoms with van der Waals surface area (Å²) in [5.74, 6) is -0.512. The molecule has 0 aliphatic carbocycles. The van der Waals surface area contributed by atoms with E-state index in [1.54, 1.807) is 0 Å². The van der Waals surface area contributed by atoms with Crippen LogP contribution < -0.4 is 5.32 Å². The van der Waals surface area contributed by atoms with Crippen molar-refractivity contribution in [1.29, 1.82) is 0 Å². The average Bonchev–Trinajstić information content (AvgIpc) is 3.00. The highest BCUT2D eigenvalue weighted by atomic mass is 31.2. The molecule has 0 fully saturated rings. The maximum Gasteiger partial charge on any atom is 0.472 e. The van der Waals surface area contributed by atoms with Crippen molar-refractivity contribution in [1.82, 2.24) is 5.32 Å². The Hall–Kier alpha value is -0.990. The van der Waals surface area contributed by atoms with E-state index in [4.69, 9.17) is 13.8 Å². The third-order valence-corrected chi connectivity index (χ3v) is 8.77. The van der Waals surface area contributed by atoms with Crippen LogP contribution in [0.4, 0.5) is 0 Å². The minimum absolute atomic E-state index is 0.0874. The zero-order valence-electron chi connectivity index (χ0n) is 28.4. The highest BCUT2D eigenvalue weighted by Crippen LogP contribution is 2.42. The predicted molar refractivity (Wildman–Crippen MR) is 178 cm³/mol. The number of amides is 1. The zero-order chi connectivity index (χ0) is 32.6. The smallest absolute Gasteiger partial charge is 0.463 e. The van der Waals surface area contributed by atoms with E-state index in [9.17, 15) is 24.2 Å². The Morgan fingerprint density at radius 3 is 1.48 bits per heavy atom. The molecule has 9 nitrogen and oxygen atoms in total. The number of ether oxygens (including phenoxy) is 1. The van der Waals surface area contributed by atoms with Crippen molar-refractivity contribution >= 4 is 19.7 Å². The number of aliphatic hydroxyl groups excluding tert-OH is 1. The Kier molecular flexibility index (Phi) is 31.3. The average molecular weight is 650 g/mol. The molecule has 0 saturated heterocycles. The summed E-state index contributed by atoms with van der Waals surface area (Å²) in [7, 11) is -4.40.